The van der Waals surface area contributed by atoms with E-state index in [-0.39, 0.29) is 0 Å². The highest BCUT2D eigenvalue weighted by molar-refractivity contribution is 5.12. The molecule has 0 N–H and O–H groups in total. The zero-order valence-corrected chi connectivity index (χ0v) is 15.1. The molecule has 0 amide bonds. The maximum absolute atomic E-state index is 2.50. The molecule has 0 spiro atoms. The van der Waals surface area contributed by atoms with E-state index in [4.69, 9.17) is 0 Å². The van der Waals surface area contributed by atoms with Gasteiger partial charge in [0.2, 0.25) is 0 Å². The number of unbranched alkanes of at least 4 members (excludes halogenated alkanes) is 3. The lowest BCUT2D eigenvalue weighted by atomic mass is 9.99. The largest absolute Gasteiger partial charge is 0.299 e. The first-order valence-electron chi connectivity index (χ1n) is 10.0. The summed E-state index contributed by atoms with van der Waals surface area (Å²) in [6.45, 7) is 2.44. The van der Waals surface area contributed by atoms with E-state index in [1.54, 1.807) is 0 Å². The Morgan fingerprint density at radius 3 is 2.65 bits per heavy atom. The third-order valence-corrected chi connectivity index (χ3v) is 6.04. The van der Waals surface area contributed by atoms with E-state index in [0.717, 1.165) is 5.92 Å². The average molecular weight is 316 g/mol. The second-order valence-corrected chi connectivity index (χ2v) is 7.87. The van der Waals surface area contributed by atoms with Gasteiger partial charge in [0.15, 0.2) is 12.4 Å². The molecule has 3 rings (SSSR count). The number of nitrogens with zero attached hydrogens (tertiary/aromatic N) is 2. The lowest BCUT2D eigenvalue weighted by molar-refractivity contribution is -0.697. The molecule has 1 unspecified atom stereocenters. The molecule has 23 heavy (non-hydrogen) atoms. The van der Waals surface area contributed by atoms with Crippen molar-refractivity contribution in [3.05, 3.63) is 30.1 Å². The lowest BCUT2D eigenvalue weighted by Gasteiger charge is -2.18. The zero-order valence-electron chi connectivity index (χ0n) is 15.1. The molecule has 1 atom stereocenters. The summed E-state index contributed by atoms with van der Waals surface area (Å²) < 4.78 is 2.42. The fraction of sp³-hybridized carbons (Fsp3) is 0.762. The number of aromatic nitrogens is 1. The molecule has 1 saturated carbocycles. The normalized spacial score (nSPS) is 22.9. The van der Waals surface area contributed by atoms with Gasteiger partial charge in [-0.05, 0) is 44.8 Å². The Morgan fingerprint density at radius 2 is 1.87 bits per heavy atom. The van der Waals surface area contributed by atoms with Gasteiger partial charge in [0, 0.05) is 24.1 Å². The Kier molecular flexibility index (Phi) is 6.50. The molecule has 2 aliphatic rings. The predicted molar refractivity (Wildman–Crippen MR) is 96.3 cm³/mol. The molecule has 128 valence electrons. The molecular formula is C21H35N2+. The van der Waals surface area contributed by atoms with E-state index in [0.29, 0.717) is 6.04 Å². The van der Waals surface area contributed by atoms with Crippen molar-refractivity contribution in [2.75, 3.05) is 13.6 Å². The number of hydrogen-bond donors (Lipinski definition) is 0. The van der Waals surface area contributed by atoms with Crippen molar-refractivity contribution >= 4 is 0 Å². The SMILES string of the molecule is CN1CCCC1c1ccc[n+](CCCCCCC2CCCC2)c1. The summed E-state index contributed by atoms with van der Waals surface area (Å²) >= 11 is 0. The highest BCUT2D eigenvalue weighted by Gasteiger charge is 2.24. The Balaban J connectivity index is 1.35. The maximum atomic E-state index is 2.50. The van der Waals surface area contributed by atoms with Crippen molar-refractivity contribution in [3.63, 3.8) is 0 Å². The molecule has 2 heterocycles. The van der Waals surface area contributed by atoms with Crippen LogP contribution in [0.1, 0.15) is 82.2 Å². The van der Waals surface area contributed by atoms with Crippen molar-refractivity contribution in [3.8, 4) is 0 Å². The summed E-state index contributed by atoms with van der Waals surface area (Å²) in [5, 5.41) is 0. The minimum atomic E-state index is 0.647. The van der Waals surface area contributed by atoms with Crippen LogP contribution in [0.25, 0.3) is 0 Å². The van der Waals surface area contributed by atoms with Gasteiger partial charge in [-0.1, -0.05) is 44.9 Å². The summed E-state index contributed by atoms with van der Waals surface area (Å²) in [5.41, 5.74) is 1.51. The molecule has 1 saturated heterocycles. The summed E-state index contributed by atoms with van der Waals surface area (Å²) in [4.78, 5) is 2.50. The number of likely N-dealkylation sites (tertiary alicyclic amines) is 1. The van der Waals surface area contributed by atoms with Crippen LogP contribution in [-0.4, -0.2) is 18.5 Å². The van der Waals surface area contributed by atoms with Crippen LogP contribution in [0, 0.1) is 5.92 Å². The van der Waals surface area contributed by atoms with Crippen molar-refractivity contribution in [2.24, 2.45) is 5.92 Å². The van der Waals surface area contributed by atoms with Gasteiger partial charge in [0.25, 0.3) is 0 Å². The highest BCUT2D eigenvalue weighted by Crippen LogP contribution is 2.30. The van der Waals surface area contributed by atoms with Gasteiger partial charge in [-0.25, -0.2) is 4.57 Å². The van der Waals surface area contributed by atoms with E-state index in [2.05, 4.69) is 41.0 Å². The molecule has 1 aliphatic heterocycles. The topological polar surface area (TPSA) is 7.12 Å². The summed E-state index contributed by atoms with van der Waals surface area (Å²) in [6.07, 6.45) is 20.4. The molecule has 2 nitrogen and oxygen atoms in total. The van der Waals surface area contributed by atoms with Gasteiger partial charge in [-0.15, -0.1) is 0 Å². The maximum Gasteiger partial charge on any atom is 0.173 e. The monoisotopic (exact) mass is 315 g/mol. The van der Waals surface area contributed by atoms with Crippen LogP contribution in [0.5, 0.6) is 0 Å². The third kappa shape index (κ3) is 5.04. The first-order chi connectivity index (χ1) is 11.3. The van der Waals surface area contributed by atoms with Crippen molar-refractivity contribution < 1.29 is 4.57 Å². The van der Waals surface area contributed by atoms with Crippen LogP contribution in [0.4, 0.5) is 0 Å². The second kappa shape index (κ2) is 8.82. The molecule has 1 aromatic heterocycles. The van der Waals surface area contributed by atoms with Crippen molar-refractivity contribution in [1.29, 1.82) is 0 Å². The first-order valence-corrected chi connectivity index (χ1v) is 10.0. The van der Waals surface area contributed by atoms with E-state index >= 15 is 0 Å². The van der Waals surface area contributed by atoms with Crippen molar-refractivity contribution in [2.45, 2.75) is 83.2 Å². The van der Waals surface area contributed by atoms with Crippen LogP contribution in [0.15, 0.2) is 24.5 Å². The van der Waals surface area contributed by atoms with Crippen molar-refractivity contribution in [1.82, 2.24) is 4.90 Å². The molecule has 0 radical (unpaired) electrons. The quantitative estimate of drug-likeness (QED) is 0.490. The summed E-state index contributed by atoms with van der Waals surface area (Å²) in [7, 11) is 2.26. The number of aryl methyl sites for hydroxylation is 1. The van der Waals surface area contributed by atoms with Crippen LogP contribution < -0.4 is 4.57 Å². The second-order valence-electron chi connectivity index (χ2n) is 7.87. The van der Waals surface area contributed by atoms with Gasteiger partial charge in [0.1, 0.15) is 6.54 Å². The Hall–Kier alpha value is -0.890. The number of rotatable bonds is 8. The zero-order chi connectivity index (χ0) is 15.9. The highest BCUT2D eigenvalue weighted by atomic mass is 15.1. The summed E-state index contributed by atoms with van der Waals surface area (Å²) in [5.74, 6) is 1.07. The smallest absolute Gasteiger partial charge is 0.173 e. The Morgan fingerprint density at radius 1 is 1.04 bits per heavy atom. The van der Waals surface area contributed by atoms with Crippen LogP contribution in [0.3, 0.4) is 0 Å². The Bertz CT molecular complexity index is 465. The minimum Gasteiger partial charge on any atom is -0.299 e. The minimum absolute atomic E-state index is 0.647. The van der Waals surface area contributed by atoms with E-state index in [1.165, 1.54) is 89.3 Å². The number of pyridine rings is 1. The molecular weight excluding hydrogens is 280 g/mol. The fourth-order valence-corrected chi connectivity index (χ4v) is 4.59. The standard InChI is InChI=1S/C21H35N2/c1-22-15-9-14-21(22)20-13-8-17-23(18-20)16-7-3-2-4-10-19-11-5-6-12-19/h8,13,17-19,21H,2-7,9-12,14-16H2,1H3/q+1. The third-order valence-electron chi connectivity index (χ3n) is 6.04. The van der Waals surface area contributed by atoms with Gasteiger partial charge in [0.05, 0.1) is 0 Å². The summed E-state index contributed by atoms with van der Waals surface area (Å²) in [6, 6.07) is 5.19. The first kappa shape index (κ1) is 17.0. The molecule has 2 heteroatoms. The molecule has 1 aromatic rings. The molecule has 0 aromatic carbocycles. The van der Waals surface area contributed by atoms with E-state index in [1.807, 2.05) is 0 Å². The van der Waals surface area contributed by atoms with Gasteiger partial charge >= 0.3 is 0 Å². The fourth-order valence-electron chi connectivity index (χ4n) is 4.59. The van der Waals surface area contributed by atoms with Gasteiger partial charge in [-0.2, -0.15) is 0 Å². The van der Waals surface area contributed by atoms with Crippen LogP contribution in [-0.2, 0) is 6.54 Å². The molecule has 2 fully saturated rings. The Labute approximate surface area is 142 Å². The van der Waals surface area contributed by atoms with Gasteiger partial charge < -0.3 is 0 Å². The number of hydrogen-bond acceptors (Lipinski definition) is 1. The van der Waals surface area contributed by atoms with Crippen LogP contribution >= 0.6 is 0 Å². The average Bonchev–Trinajstić information content (AvgIpc) is 3.22. The van der Waals surface area contributed by atoms with Crippen LogP contribution in [0.2, 0.25) is 0 Å². The van der Waals surface area contributed by atoms with Gasteiger partial charge in [-0.3, -0.25) is 4.90 Å². The molecule has 1 aliphatic carbocycles. The predicted octanol–water partition coefficient (Wildman–Crippen LogP) is 4.88. The van der Waals surface area contributed by atoms with E-state index < -0.39 is 0 Å². The molecule has 0 bridgehead atoms. The lowest BCUT2D eigenvalue weighted by Crippen LogP contribution is -2.34. The van der Waals surface area contributed by atoms with E-state index in [9.17, 15) is 0 Å².